The summed E-state index contributed by atoms with van der Waals surface area (Å²) < 4.78 is 4.62. The number of carbonyl (C=O) groups excluding carboxylic acids is 1. The maximum atomic E-state index is 11.7. The number of nitrogens with one attached hydrogen (secondary N) is 1. The van der Waals surface area contributed by atoms with E-state index in [1.807, 2.05) is 31.2 Å². The first-order valence-corrected chi connectivity index (χ1v) is 6.26. The minimum Gasteiger partial charge on any atom is -0.363 e. The first kappa shape index (κ1) is 13.0. The molecule has 0 fully saturated rings. The van der Waals surface area contributed by atoms with Gasteiger partial charge in [-0.3, -0.25) is 4.79 Å². The smallest absolute Gasteiger partial charge is 0.249 e. The van der Waals surface area contributed by atoms with Crippen molar-refractivity contribution in [3.8, 4) is 11.4 Å². The number of rotatable bonds is 4. The van der Waals surface area contributed by atoms with Crippen LogP contribution in [0.25, 0.3) is 11.4 Å². The summed E-state index contributed by atoms with van der Waals surface area (Å²) in [5.41, 5.74) is 2.00. The number of tetrazole rings is 1. The lowest BCUT2D eigenvalue weighted by Gasteiger charge is -1.99. The normalized spacial score (nSPS) is 10.5. The first-order chi connectivity index (χ1) is 10.2. The van der Waals surface area contributed by atoms with Crippen LogP contribution in [0.15, 0.2) is 41.1 Å². The summed E-state index contributed by atoms with van der Waals surface area (Å²) in [4.78, 5) is 13.0. The molecule has 0 saturated heterocycles. The number of aryl methyl sites for hydroxylation is 1. The SMILES string of the molecule is Cc1ccc(-c2nnn(CC(=O)Nc3ccon3)n2)cc1. The predicted molar refractivity (Wildman–Crippen MR) is 73.1 cm³/mol. The van der Waals surface area contributed by atoms with Gasteiger partial charge < -0.3 is 9.84 Å². The predicted octanol–water partition coefficient (Wildman–Crippen LogP) is 1.28. The van der Waals surface area contributed by atoms with Crippen molar-refractivity contribution in [1.82, 2.24) is 25.4 Å². The first-order valence-electron chi connectivity index (χ1n) is 6.26. The third-order valence-electron chi connectivity index (χ3n) is 2.75. The van der Waals surface area contributed by atoms with E-state index in [4.69, 9.17) is 0 Å². The van der Waals surface area contributed by atoms with E-state index < -0.39 is 0 Å². The number of hydrogen-bond donors (Lipinski definition) is 1. The Morgan fingerprint density at radius 2 is 2.10 bits per heavy atom. The molecule has 21 heavy (non-hydrogen) atoms. The molecule has 8 heteroatoms. The minimum atomic E-state index is -0.309. The summed E-state index contributed by atoms with van der Waals surface area (Å²) in [6.07, 6.45) is 1.37. The van der Waals surface area contributed by atoms with E-state index in [-0.39, 0.29) is 12.5 Å². The maximum Gasteiger partial charge on any atom is 0.249 e. The lowest BCUT2D eigenvalue weighted by atomic mass is 10.1. The number of carbonyl (C=O) groups is 1. The Kier molecular flexibility index (Phi) is 3.42. The van der Waals surface area contributed by atoms with Crippen LogP contribution < -0.4 is 5.32 Å². The van der Waals surface area contributed by atoms with E-state index in [1.54, 1.807) is 6.07 Å². The van der Waals surface area contributed by atoms with Crippen molar-refractivity contribution in [2.45, 2.75) is 13.5 Å². The summed E-state index contributed by atoms with van der Waals surface area (Å²) in [5.74, 6) is 0.514. The van der Waals surface area contributed by atoms with Crippen LogP contribution in [0.4, 0.5) is 5.82 Å². The van der Waals surface area contributed by atoms with Gasteiger partial charge in [0.1, 0.15) is 12.8 Å². The van der Waals surface area contributed by atoms with Crippen molar-refractivity contribution in [2.24, 2.45) is 0 Å². The second-order valence-corrected chi connectivity index (χ2v) is 4.44. The monoisotopic (exact) mass is 284 g/mol. The Morgan fingerprint density at radius 1 is 1.29 bits per heavy atom. The van der Waals surface area contributed by atoms with Crippen LogP contribution in [-0.4, -0.2) is 31.3 Å². The van der Waals surface area contributed by atoms with Gasteiger partial charge in [-0.25, -0.2) is 0 Å². The molecular weight excluding hydrogens is 272 g/mol. The van der Waals surface area contributed by atoms with Gasteiger partial charge in [0.15, 0.2) is 5.82 Å². The molecule has 0 atom stereocenters. The van der Waals surface area contributed by atoms with E-state index in [9.17, 15) is 4.79 Å². The van der Waals surface area contributed by atoms with E-state index in [1.165, 1.54) is 11.1 Å². The van der Waals surface area contributed by atoms with Gasteiger partial charge in [-0.2, -0.15) is 4.80 Å². The fraction of sp³-hybridized carbons (Fsp3) is 0.154. The number of aromatic nitrogens is 5. The van der Waals surface area contributed by atoms with Crippen molar-refractivity contribution in [2.75, 3.05) is 5.32 Å². The van der Waals surface area contributed by atoms with Crippen LogP contribution in [0, 0.1) is 6.92 Å². The van der Waals surface area contributed by atoms with Crippen molar-refractivity contribution >= 4 is 11.7 Å². The standard InChI is InChI=1S/C13H12N6O2/c1-9-2-4-10(5-3-9)13-15-18-19(16-13)8-12(20)14-11-6-7-21-17-11/h2-7H,8H2,1H3,(H,14,17,20). The van der Waals surface area contributed by atoms with E-state index in [0.29, 0.717) is 11.6 Å². The van der Waals surface area contributed by atoms with E-state index >= 15 is 0 Å². The number of hydrogen-bond acceptors (Lipinski definition) is 6. The van der Waals surface area contributed by atoms with E-state index in [2.05, 4.69) is 30.4 Å². The topological polar surface area (TPSA) is 98.7 Å². The Labute approximate surface area is 119 Å². The van der Waals surface area contributed by atoms with Gasteiger partial charge in [0.25, 0.3) is 0 Å². The molecule has 0 aliphatic carbocycles. The summed E-state index contributed by atoms with van der Waals surface area (Å²) >= 11 is 0. The second-order valence-electron chi connectivity index (χ2n) is 4.44. The van der Waals surface area contributed by atoms with Crippen LogP contribution in [0.2, 0.25) is 0 Å². The zero-order valence-electron chi connectivity index (χ0n) is 11.2. The van der Waals surface area contributed by atoms with Gasteiger partial charge >= 0.3 is 0 Å². The number of nitrogens with zero attached hydrogens (tertiary/aromatic N) is 5. The maximum absolute atomic E-state index is 11.7. The van der Waals surface area contributed by atoms with Gasteiger partial charge in [-0.1, -0.05) is 35.0 Å². The van der Waals surface area contributed by atoms with Crippen LogP contribution in [0.1, 0.15) is 5.56 Å². The molecule has 2 heterocycles. The Balaban J connectivity index is 1.67. The van der Waals surface area contributed by atoms with Gasteiger partial charge in [0, 0.05) is 11.6 Å². The molecule has 0 aliphatic rings. The second kappa shape index (κ2) is 5.53. The average Bonchev–Trinajstić information content (AvgIpc) is 3.11. The Morgan fingerprint density at radius 3 is 2.81 bits per heavy atom. The fourth-order valence-corrected chi connectivity index (χ4v) is 1.72. The molecular formula is C13H12N6O2. The molecule has 1 N–H and O–H groups in total. The summed E-state index contributed by atoms with van der Waals surface area (Å²) in [6.45, 7) is 1.95. The van der Waals surface area contributed by atoms with Crippen LogP contribution in [0.5, 0.6) is 0 Å². The van der Waals surface area contributed by atoms with Crippen LogP contribution >= 0.6 is 0 Å². The van der Waals surface area contributed by atoms with Gasteiger partial charge in [0.2, 0.25) is 11.7 Å². The molecule has 3 aromatic rings. The lowest BCUT2D eigenvalue weighted by molar-refractivity contribution is -0.117. The highest BCUT2D eigenvalue weighted by atomic mass is 16.5. The Hall–Kier alpha value is -3.03. The van der Waals surface area contributed by atoms with Crippen molar-refractivity contribution < 1.29 is 9.32 Å². The lowest BCUT2D eigenvalue weighted by Crippen LogP contribution is -2.20. The van der Waals surface area contributed by atoms with Crippen molar-refractivity contribution in [3.63, 3.8) is 0 Å². The number of amides is 1. The molecule has 0 spiro atoms. The third kappa shape index (κ3) is 3.11. The van der Waals surface area contributed by atoms with Gasteiger partial charge in [-0.15, -0.1) is 10.2 Å². The van der Waals surface area contributed by atoms with Gasteiger partial charge in [0.05, 0.1) is 0 Å². The van der Waals surface area contributed by atoms with Gasteiger partial charge in [-0.05, 0) is 12.1 Å². The highest BCUT2D eigenvalue weighted by Gasteiger charge is 2.10. The summed E-state index contributed by atoms with van der Waals surface area (Å²) in [6, 6.07) is 9.29. The van der Waals surface area contributed by atoms with Crippen LogP contribution in [0.3, 0.4) is 0 Å². The molecule has 0 unspecified atom stereocenters. The fourth-order valence-electron chi connectivity index (χ4n) is 1.72. The molecule has 8 nitrogen and oxygen atoms in total. The zero-order valence-corrected chi connectivity index (χ0v) is 11.2. The minimum absolute atomic E-state index is 0.0499. The molecule has 0 aliphatic heterocycles. The van der Waals surface area contributed by atoms with E-state index in [0.717, 1.165) is 11.1 Å². The Bertz CT molecular complexity index is 732. The zero-order chi connectivity index (χ0) is 14.7. The largest absolute Gasteiger partial charge is 0.363 e. The van der Waals surface area contributed by atoms with Crippen molar-refractivity contribution in [3.05, 3.63) is 42.2 Å². The molecule has 0 saturated carbocycles. The molecule has 0 bridgehead atoms. The van der Waals surface area contributed by atoms with Crippen molar-refractivity contribution in [1.29, 1.82) is 0 Å². The molecule has 106 valence electrons. The summed E-state index contributed by atoms with van der Waals surface area (Å²) in [7, 11) is 0. The molecule has 3 rings (SSSR count). The van der Waals surface area contributed by atoms with Crippen LogP contribution in [-0.2, 0) is 11.3 Å². The molecule has 1 amide bonds. The number of anilines is 1. The number of benzene rings is 1. The highest BCUT2D eigenvalue weighted by Crippen LogP contribution is 2.13. The summed E-state index contributed by atoms with van der Waals surface area (Å²) in [5, 5.41) is 18.1. The quantitative estimate of drug-likeness (QED) is 0.774. The highest BCUT2D eigenvalue weighted by molar-refractivity contribution is 5.89. The average molecular weight is 284 g/mol. The third-order valence-corrected chi connectivity index (χ3v) is 2.75. The molecule has 2 aromatic heterocycles. The molecule has 1 aromatic carbocycles. The molecule has 0 radical (unpaired) electrons.